The summed E-state index contributed by atoms with van der Waals surface area (Å²) >= 11 is 1.44. The summed E-state index contributed by atoms with van der Waals surface area (Å²) in [6, 6.07) is 14.8. The predicted molar refractivity (Wildman–Crippen MR) is 154 cm³/mol. The Labute approximate surface area is 229 Å². The summed E-state index contributed by atoms with van der Waals surface area (Å²) in [4.78, 5) is 19.2. The van der Waals surface area contributed by atoms with Gasteiger partial charge in [0.1, 0.15) is 16.9 Å². The molecule has 1 aliphatic heterocycles. The first kappa shape index (κ1) is 23.7. The second-order valence-corrected chi connectivity index (χ2v) is 12.0. The van der Waals surface area contributed by atoms with Gasteiger partial charge in [0.15, 0.2) is 0 Å². The molecule has 0 atom stereocenters. The van der Waals surface area contributed by atoms with Gasteiger partial charge in [0.25, 0.3) is 0 Å². The van der Waals surface area contributed by atoms with Crippen molar-refractivity contribution >= 4 is 43.2 Å². The summed E-state index contributed by atoms with van der Waals surface area (Å²) in [7, 11) is 4.01. The molecule has 9 heteroatoms. The summed E-state index contributed by atoms with van der Waals surface area (Å²) in [6.07, 6.45) is 5.27. The number of thiophene rings is 1. The van der Waals surface area contributed by atoms with Crippen LogP contribution >= 0.6 is 11.3 Å². The van der Waals surface area contributed by atoms with Crippen molar-refractivity contribution in [3.8, 4) is 28.6 Å². The van der Waals surface area contributed by atoms with E-state index < -0.39 is 0 Å². The van der Waals surface area contributed by atoms with E-state index in [1.807, 2.05) is 35.0 Å². The van der Waals surface area contributed by atoms with Crippen LogP contribution < -0.4 is 5.73 Å². The number of likely N-dealkylation sites (tertiary alicyclic amines) is 1. The van der Waals surface area contributed by atoms with E-state index in [-0.39, 0.29) is 11.3 Å². The lowest BCUT2D eigenvalue weighted by Crippen LogP contribution is -2.63. The normalized spacial score (nSPS) is 16.4. The van der Waals surface area contributed by atoms with Crippen molar-refractivity contribution in [1.29, 1.82) is 5.26 Å². The van der Waals surface area contributed by atoms with Crippen LogP contribution in [0.4, 0.5) is 5.00 Å². The second kappa shape index (κ2) is 8.29. The SMILES string of the molecule is C=CC(=O)N1CC2(CC(c3nc(-c4ccc5c(cnn5C)c4)c(-c4cccc5sc(N)c(C#N)c45)n3C)C2)C1. The molecule has 2 aliphatic rings. The number of imidazole rings is 1. The Bertz CT molecular complexity index is 1870. The number of fused-ring (bicyclic) bond motifs is 2. The van der Waals surface area contributed by atoms with Crippen LogP contribution in [0.25, 0.3) is 43.5 Å². The summed E-state index contributed by atoms with van der Waals surface area (Å²) in [5.41, 5.74) is 11.9. The van der Waals surface area contributed by atoms with Crippen LogP contribution in [0.2, 0.25) is 0 Å². The quantitative estimate of drug-likeness (QED) is 0.320. The zero-order valence-corrected chi connectivity index (χ0v) is 22.6. The first-order valence-electron chi connectivity index (χ1n) is 12.9. The number of nitrogens with zero attached hydrogens (tertiary/aromatic N) is 6. The van der Waals surface area contributed by atoms with Crippen LogP contribution in [0.1, 0.15) is 30.1 Å². The number of nitrogen functional groups attached to an aromatic ring is 1. The fourth-order valence-corrected chi connectivity index (χ4v) is 7.60. The Morgan fingerprint density at radius 1 is 1.26 bits per heavy atom. The van der Waals surface area contributed by atoms with Crippen molar-refractivity contribution in [2.75, 3.05) is 18.8 Å². The third-order valence-electron chi connectivity index (χ3n) is 8.52. The fourth-order valence-electron chi connectivity index (χ4n) is 6.65. The third kappa shape index (κ3) is 3.38. The molecule has 1 spiro atoms. The smallest absolute Gasteiger partial charge is 0.245 e. The molecule has 1 saturated heterocycles. The predicted octanol–water partition coefficient (Wildman–Crippen LogP) is 5.20. The molecule has 2 aromatic carbocycles. The van der Waals surface area contributed by atoms with Crippen molar-refractivity contribution < 1.29 is 4.79 Å². The standard InChI is InChI=1S/C30H27N7OS/c1-4-24(38)37-15-30(16-37)11-19(12-30)29-34-26(17-8-9-22-18(10-17)14-33-36(22)3)27(35(29)2)20-6-5-7-23-25(20)21(13-31)28(32)39-23/h4-10,14,19H,1,11-12,15-16,32H2,2-3H3. The van der Waals surface area contributed by atoms with E-state index in [9.17, 15) is 10.1 Å². The fraction of sp³-hybridized carbons (Fsp3) is 0.267. The molecule has 5 aromatic rings. The molecule has 3 aromatic heterocycles. The molecular formula is C30H27N7OS. The molecule has 0 unspecified atom stereocenters. The summed E-state index contributed by atoms with van der Waals surface area (Å²) < 4.78 is 5.06. The highest BCUT2D eigenvalue weighted by atomic mass is 32.1. The summed E-state index contributed by atoms with van der Waals surface area (Å²) in [5, 5.41) is 16.8. The van der Waals surface area contributed by atoms with Gasteiger partial charge in [0.2, 0.25) is 5.91 Å². The number of carbonyl (C=O) groups is 1. The Balaban J connectivity index is 1.37. The van der Waals surface area contributed by atoms with Gasteiger partial charge in [-0.1, -0.05) is 24.8 Å². The molecule has 2 N–H and O–H groups in total. The summed E-state index contributed by atoms with van der Waals surface area (Å²) in [6.45, 7) is 5.19. The number of hydrogen-bond donors (Lipinski definition) is 1. The van der Waals surface area contributed by atoms with Gasteiger partial charge in [-0.15, -0.1) is 11.3 Å². The van der Waals surface area contributed by atoms with Crippen molar-refractivity contribution in [2.45, 2.75) is 18.8 Å². The van der Waals surface area contributed by atoms with E-state index in [0.29, 0.717) is 16.5 Å². The number of amides is 1. The minimum atomic E-state index is 0.00728. The second-order valence-electron chi connectivity index (χ2n) is 10.9. The highest BCUT2D eigenvalue weighted by molar-refractivity contribution is 7.23. The van der Waals surface area contributed by atoms with Crippen molar-refractivity contribution in [3.05, 3.63) is 66.6 Å². The Morgan fingerprint density at radius 2 is 2.05 bits per heavy atom. The lowest BCUT2D eigenvalue weighted by atomic mass is 9.57. The Kier molecular flexibility index (Phi) is 5.03. The van der Waals surface area contributed by atoms with Gasteiger partial charge in [-0.05, 0) is 37.1 Å². The molecule has 1 aliphatic carbocycles. The molecule has 0 radical (unpaired) electrons. The van der Waals surface area contributed by atoms with Crippen LogP contribution in [0.15, 0.2) is 55.3 Å². The van der Waals surface area contributed by atoms with E-state index in [1.165, 1.54) is 17.4 Å². The highest BCUT2D eigenvalue weighted by Gasteiger charge is 2.54. The lowest BCUT2D eigenvalue weighted by molar-refractivity contribution is -0.146. The highest BCUT2D eigenvalue weighted by Crippen LogP contribution is 2.56. The number of carbonyl (C=O) groups excluding carboxylic acids is 1. The van der Waals surface area contributed by atoms with Gasteiger partial charge in [0.05, 0.1) is 28.7 Å². The largest absolute Gasteiger partial charge is 0.389 e. The number of aryl methyl sites for hydroxylation is 1. The van der Waals surface area contributed by atoms with Crippen LogP contribution in [0.3, 0.4) is 0 Å². The maximum Gasteiger partial charge on any atom is 0.245 e. The van der Waals surface area contributed by atoms with E-state index in [2.05, 4.69) is 53.6 Å². The number of anilines is 1. The molecule has 1 amide bonds. The average molecular weight is 534 g/mol. The van der Waals surface area contributed by atoms with Crippen LogP contribution in [0.5, 0.6) is 0 Å². The van der Waals surface area contributed by atoms with Gasteiger partial charge < -0.3 is 15.2 Å². The molecule has 39 heavy (non-hydrogen) atoms. The van der Waals surface area contributed by atoms with E-state index in [0.717, 1.165) is 75.3 Å². The number of hydrogen-bond acceptors (Lipinski definition) is 6. The minimum absolute atomic E-state index is 0.00728. The van der Waals surface area contributed by atoms with E-state index in [1.54, 1.807) is 0 Å². The van der Waals surface area contributed by atoms with Crippen LogP contribution in [-0.4, -0.2) is 43.2 Å². The average Bonchev–Trinajstić information content (AvgIpc) is 3.54. The van der Waals surface area contributed by atoms with Gasteiger partial charge in [-0.25, -0.2) is 4.98 Å². The lowest BCUT2D eigenvalue weighted by Gasteiger charge is -2.58. The zero-order chi connectivity index (χ0) is 27.1. The first-order chi connectivity index (χ1) is 18.8. The molecule has 194 valence electrons. The van der Waals surface area contributed by atoms with Crippen LogP contribution in [0, 0.1) is 16.7 Å². The molecule has 4 heterocycles. The van der Waals surface area contributed by atoms with E-state index in [4.69, 9.17) is 10.7 Å². The minimum Gasteiger partial charge on any atom is -0.389 e. The molecule has 1 saturated carbocycles. The molecule has 8 nitrogen and oxygen atoms in total. The number of aromatic nitrogens is 4. The van der Waals surface area contributed by atoms with Crippen molar-refractivity contribution in [3.63, 3.8) is 0 Å². The zero-order valence-electron chi connectivity index (χ0n) is 21.8. The van der Waals surface area contributed by atoms with E-state index >= 15 is 0 Å². The van der Waals surface area contributed by atoms with Gasteiger partial charge in [-0.2, -0.15) is 10.4 Å². The number of nitrogens with two attached hydrogens (primary N) is 1. The maximum absolute atomic E-state index is 12.0. The first-order valence-corrected chi connectivity index (χ1v) is 13.8. The van der Waals surface area contributed by atoms with Crippen LogP contribution in [-0.2, 0) is 18.9 Å². The number of benzene rings is 2. The number of rotatable bonds is 4. The van der Waals surface area contributed by atoms with Crippen molar-refractivity contribution in [1.82, 2.24) is 24.2 Å². The monoisotopic (exact) mass is 533 g/mol. The topological polar surface area (TPSA) is 106 Å². The Morgan fingerprint density at radius 3 is 2.79 bits per heavy atom. The van der Waals surface area contributed by atoms with Gasteiger partial charge in [0, 0.05) is 65.1 Å². The molecular weight excluding hydrogens is 506 g/mol. The molecule has 0 bridgehead atoms. The third-order valence-corrected chi connectivity index (χ3v) is 9.51. The number of nitriles is 1. The maximum atomic E-state index is 12.0. The Hall–Kier alpha value is -4.42. The molecule has 2 fully saturated rings. The van der Waals surface area contributed by atoms with Gasteiger partial charge >= 0.3 is 0 Å². The van der Waals surface area contributed by atoms with Gasteiger partial charge in [-0.3, -0.25) is 9.48 Å². The van der Waals surface area contributed by atoms with Crippen molar-refractivity contribution in [2.24, 2.45) is 19.5 Å². The molecule has 7 rings (SSSR count). The summed E-state index contributed by atoms with van der Waals surface area (Å²) in [5.74, 6) is 1.34.